The second kappa shape index (κ2) is 7.04. The average molecular weight is 261 g/mol. The Kier molecular flexibility index (Phi) is 5.10. The Labute approximate surface area is 113 Å². The maximum absolute atomic E-state index is 13.0. The number of hydrogen-bond donors (Lipinski definition) is 2. The van der Waals surface area contributed by atoms with Crippen molar-refractivity contribution in [1.29, 1.82) is 0 Å². The van der Waals surface area contributed by atoms with Gasteiger partial charge in [-0.2, -0.15) is 5.10 Å². The number of benzene rings is 1. The van der Waals surface area contributed by atoms with Crippen molar-refractivity contribution in [2.24, 2.45) is 0 Å². The Morgan fingerprint density at radius 2 is 2.05 bits per heavy atom. The Morgan fingerprint density at radius 1 is 1.26 bits per heavy atom. The van der Waals surface area contributed by atoms with Gasteiger partial charge in [0.05, 0.1) is 0 Å². The lowest BCUT2D eigenvalue weighted by Crippen LogP contribution is -2.21. The highest BCUT2D eigenvalue weighted by atomic mass is 19.1. The quantitative estimate of drug-likeness (QED) is 0.800. The van der Waals surface area contributed by atoms with Crippen LogP contribution in [0.25, 0.3) is 0 Å². The molecule has 2 N–H and O–H groups in total. The molecule has 0 saturated heterocycles. The summed E-state index contributed by atoms with van der Waals surface area (Å²) in [6.07, 6.45) is 5.10. The number of nitrogens with one attached hydrogen (secondary N) is 2. The number of halogens is 1. The first-order valence-electron chi connectivity index (χ1n) is 6.76. The van der Waals surface area contributed by atoms with Crippen LogP contribution in [0.4, 0.5) is 4.39 Å². The van der Waals surface area contributed by atoms with Gasteiger partial charge < -0.3 is 5.32 Å². The van der Waals surface area contributed by atoms with Crippen molar-refractivity contribution in [3.05, 3.63) is 53.6 Å². The Hall–Kier alpha value is -1.68. The van der Waals surface area contributed by atoms with Gasteiger partial charge in [0.1, 0.15) is 5.82 Å². The van der Waals surface area contributed by atoms with Gasteiger partial charge in [0.15, 0.2) is 0 Å². The first-order valence-corrected chi connectivity index (χ1v) is 6.76. The second-order valence-corrected chi connectivity index (χ2v) is 4.71. The number of aromatic amines is 1. The van der Waals surface area contributed by atoms with Crippen molar-refractivity contribution in [3.8, 4) is 0 Å². The molecule has 2 rings (SSSR count). The number of rotatable bonds is 7. The topological polar surface area (TPSA) is 40.7 Å². The summed E-state index contributed by atoms with van der Waals surface area (Å²) in [4.78, 5) is 0. The summed E-state index contributed by atoms with van der Waals surface area (Å²) in [6.45, 7) is 2.92. The molecule has 0 aliphatic heterocycles. The number of nitrogens with zero attached hydrogens (tertiary/aromatic N) is 1. The predicted molar refractivity (Wildman–Crippen MR) is 74.1 cm³/mol. The first kappa shape index (κ1) is 13.7. The van der Waals surface area contributed by atoms with Crippen LogP contribution in [0.15, 0.2) is 36.5 Å². The van der Waals surface area contributed by atoms with Crippen LogP contribution >= 0.6 is 0 Å². The van der Waals surface area contributed by atoms with Crippen molar-refractivity contribution in [2.45, 2.75) is 38.8 Å². The molecule has 1 unspecified atom stereocenters. The zero-order chi connectivity index (χ0) is 13.5. The monoisotopic (exact) mass is 261 g/mol. The fraction of sp³-hybridized carbons (Fsp3) is 0.400. The molecule has 4 heteroatoms. The molecule has 3 nitrogen and oxygen atoms in total. The van der Waals surface area contributed by atoms with E-state index in [4.69, 9.17) is 0 Å². The first-order chi connectivity index (χ1) is 9.29. The normalized spacial score (nSPS) is 12.5. The standard InChI is InChI=1S/C15H20FN3/c1-2-3-4-15(12-5-7-13(16)8-6-12)17-11-14-9-10-18-19-14/h5-10,15,17H,2-4,11H2,1H3,(H,18,19). The van der Waals surface area contributed by atoms with Crippen molar-refractivity contribution >= 4 is 0 Å². The van der Waals surface area contributed by atoms with E-state index in [-0.39, 0.29) is 11.9 Å². The molecule has 1 aromatic heterocycles. The molecule has 0 bridgehead atoms. The smallest absolute Gasteiger partial charge is 0.123 e. The van der Waals surface area contributed by atoms with E-state index in [2.05, 4.69) is 22.4 Å². The van der Waals surface area contributed by atoms with Crippen LogP contribution in [0.2, 0.25) is 0 Å². The lowest BCUT2D eigenvalue weighted by Gasteiger charge is -2.18. The van der Waals surface area contributed by atoms with Gasteiger partial charge in [-0.3, -0.25) is 5.10 Å². The molecule has 2 aromatic rings. The van der Waals surface area contributed by atoms with Gasteiger partial charge in [0.2, 0.25) is 0 Å². The summed E-state index contributed by atoms with van der Waals surface area (Å²) >= 11 is 0. The third kappa shape index (κ3) is 4.17. The van der Waals surface area contributed by atoms with Gasteiger partial charge in [-0.15, -0.1) is 0 Å². The fourth-order valence-corrected chi connectivity index (χ4v) is 2.11. The lowest BCUT2D eigenvalue weighted by molar-refractivity contribution is 0.476. The molecular formula is C15H20FN3. The van der Waals surface area contributed by atoms with Crippen LogP contribution in [0.5, 0.6) is 0 Å². The maximum atomic E-state index is 13.0. The van der Waals surface area contributed by atoms with E-state index in [0.29, 0.717) is 0 Å². The third-order valence-corrected chi connectivity index (χ3v) is 3.22. The van der Waals surface area contributed by atoms with E-state index in [9.17, 15) is 4.39 Å². The summed E-state index contributed by atoms with van der Waals surface area (Å²) in [5.41, 5.74) is 2.19. The molecule has 0 aliphatic carbocycles. The Bertz CT molecular complexity index is 465. The van der Waals surface area contributed by atoms with Crippen LogP contribution in [0, 0.1) is 5.82 Å². The Balaban J connectivity index is 2.00. The molecule has 1 heterocycles. The third-order valence-electron chi connectivity index (χ3n) is 3.22. The highest BCUT2D eigenvalue weighted by molar-refractivity contribution is 5.20. The summed E-state index contributed by atoms with van der Waals surface area (Å²) in [5.74, 6) is -0.188. The maximum Gasteiger partial charge on any atom is 0.123 e. The minimum atomic E-state index is -0.188. The van der Waals surface area contributed by atoms with E-state index in [1.807, 2.05) is 18.2 Å². The molecule has 1 aromatic carbocycles. The molecule has 0 radical (unpaired) electrons. The minimum Gasteiger partial charge on any atom is -0.304 e. The van der Waals surface area contributed by atoms with Gasteiger partial charge in [-0.25, -0.2) is 4.39 Å². The van der Waals surface area contributed by atoms with Crippen LogP contribution < -0.4 is 5.32 Å². The predicted octanol–water partition coefficient (Wildman–Crippen LogP) is 3.57. The van der Waals surface area contributed by atoms with Crippen LogP contribution in [-0.2, 0) is 6.54 Å². The largest absolute Gasteiger partial charge is 0.304 e. The van der Waals surface area contributed by atoms with Crippen molar-refractivity contribution in [1.82, 2.24) is 15.5 Å². The minimum absolute atomic E-state index is 0.188. The highest BCUT2D eigenvalue weighted by Gasteiger charge is 2.10. The number of aromatic nitrogens is 2. The van der Waals surface area contributed by atoms with Crippen molar-refractivity contribution in [3.63, 3.8) is 0 Å². The van der Waals surface area contributed by atoms with E-state index in [0.717, 1.165) is 37.1 Å². The number of hydrogen-bond acceptors (Lipinski definition) is 2. The number of H-pyrrole nitrogens is 1. The van der Waals surface area contributed by atoms with Crippen molar-refractivity contribution in [2.75, 3.05) is 0 Å². The van der Waals surface area contributed by atoms with E-state index in [1.54, 1.807) is 6.20 Å². The molecule has 0 saturated carbocycles. The molecule has 0 amide bonds. The second-order valence-electron chi connectivity index (χ2n) is 4.71. The van der Waals surface area contributed by atoms with E-state index >= 15 is 0 Å². The molecule has 102 valence electrons. The van der Waals surface area contributed by atoms with Crippen LogP contribution in [0.1, 0.15) is 43.5 Å². The summed E-state index contributed by atoms with van der Waals surface area (Å²) in [7, 11) is 0. The lowest BCUT2D eigenvalue weighted by atomic mass is 10.0. The summed E-state index contributed by atoms with van der Waals surface area (Å²) < 4.78 is 13.0. The van der Waals surface area contributed by atoms with Crippen molar-refractivity contribution < 1.29 is 4.39 Å². The summed E-state index contributed by atoms with van der Waals surface area (Å²) in [5, 5.41) is 10.4. The zero-order valence-electron chi connectivity index (χ0n) is 11.2. The molecular weight excluding hydrogens is 241 g/mol. The average Bonchev–Trinajstić information content (AvgIpc) is 2.93. The summed E-state index contributed by atoms with van der Waals surface area (Å²) in [6, 6.07) is 8.96. The molecule has 0 fully saturated rings. The van der Waals surface area contributed by atoms with Gasteiger partial charge >= 0.3 is 0 Å². The fourth-order valence-electron chi connectivity index (χ4n) is 2.11. The van der Waals surface area contributed by atoms with E-state index in [1.165, 1.54) is 12.1 Å². The van der Waals surface area contributed by atoms with Gasteiger partial charge in [0, 0.05) is 24.5 Å². The molecule has 19 heavy (non-hydrogen) atoms. The molecule has 0 aliphatic rings. The van der Waals surface area contributed by atoms with Crippen LogP contribution in [-0.4, -0.2) is 10.2 Å². The van der Waals surface area contributed by atoms with Gasteiger partial charge in [-0.05, 0) is 30.2 Å². The zero-order valence-corrected chi connectivity index (χ0v) is 11.2. The van der Waals surface area contributed by atoms with E-state index < -0.39 is 0 Å². The van der Waals surface area contributed by atoms with Crippen LogP contribution in [0.3, 0.4) is 0 Å². The number of unbranched alkanes of at least 4 members (excludes halogenated alkanes) is 1. The molecule has 0 spiro atoms. The SMILES string of the molecule is CCCCC(NCc1ccn[nH]1)c1ccc(F)cc1. The van der Waals surface area contributed by atoms with Gasteiger partial charge in [0.25, 0.3) is 0 Å². The molecule has 1 atom stereocenters. The van der Waals surface area contributed by atoms with Gasteiger partial charge in [-0.1, -0.05) is 31.9 Å². The highest BCUT2D eigenvalue weighted by Crippen LogP contribution is 2.20. The Morgan fingerprint density at radius 3 is 2.68 bits per heavy atom.